The van der Waals surface area contributed by atoms with Gasteiger partial charge in [-0.15, -0.1) is 0 Å². The molecule has 3 rings (SSSR count). The molecule has 5 nitrogen and oxygen atoms in total. The largest absolute Gasteiger partial charge is 0.493 e. The van der Waals surface area contributed by atoms with Crippen LogP contribution in [0.5, 0.6) is 11.5 Å². The molecule has 1 aliphatic carbocycles. The maximum absolute atomic E-state index is 6.49. The van der Waals surface area contributed by atoms with E-state index in [1.54, 1.807) is 14.2 Å². The van der Waals surface area contributed by atoms with Crippen molar-refractivity contribution in [2.24, 2.45) is 10.7 Å². The van der Waals surface area contributed by atoms with Gasteiger partial charge in [-0.3, -0.25) is 4.99 Å². The first-order chi connectivity index (χ1) is 9.67. The Labute approximate surface area is 123 Å². The van der Waals surface area contributed by atoms with Crippen molar-refractivity contribution in [3.05, 3.63) is 22.7 Å². The fraction of sp³-hybridized carbons (Fsp3) is 0.500. The van der Waals surface area contributed by atoms with Gasteiger partial charge in [0.25, 0.3) is 0 Å². The van der Waals surface area contributed by atoms with Gasteiger partial charge in [0.05, 0.1) is 31.8 Å². The van der Waals surface area contributed by atoms with E-state index in [0.717, 1.165) is 18.4 Å². The molecule has 0 bridgehead atoms. The van der Waals surface area contributed by atoms with E-state index in [9.17, 15) is 0 Å². The van der Waals surface area contributed by atoms with Crippen LogP contribution in [-0.4, -0.2) is 37.7 Å². The Morgan fingerprint density at radius 3 is 2.65 bits per heavy atom. The first-order valence-corrected chi connectivity index (χ1v) is 7.03. The monoisotopic (exact) mass is 295 g/mol. The lowest BCUT2D eigenvalue weighted by Crippen LogP contribution is -2.37. The molecular weight excluding hydrogens is 278 g/mol. The summed E-state index contributed by atoms with van der Waals surface area (Å²) in [6.45, 7) is 0.636. The highest BCUT2D eigenvalue weighted by molar-refractivity contribution is 6.33. The molecule has 0 amide bonds. The average Bonchev–Trinajstić information content (AvgIpc) is 3.21. The second-order valence-electron chi connectivity index (χ2n) is 5.06. The fourth-order valence-electron chi connectivity index (χ4n) is 2.71. The van der Waals surface area contributed by atoms with Crippen molar-refractivity contribution in [3.8, 4) is 11.5 Å². The van der Waals surface area contributed by atoms with Crippen molar-refractivity contribution in [1.29, 1.82) is 0 Å². The van der Waals surface area contributed by atoms with E-state index in [1.807, 2.05) is 12.1 Å². The van der Waals surface area contributed by atoms with Crippen LogP contribution in [0.15, 0.2) is 17.1 Å². The van der Waals surface area contributed by atoms with E-state index in [1.165, 1.54) is 0 Å². The van der Waals surface area contributed by atoms with Crippen LogP contribution >= 0.6 is 11.6 Å². The number of benzene rings is 1. The molecule has 1 heterocycles. The lowest BCUT2D eigenvalue weighted by Gasteiger charge is -2.27. The Hall–Kier alpha value is -1.62. The van der Waals surface area contributed by atoms with Gasteiger partial charge < -0.3 is 20.1 Å². The molecule has 1 aromatic rings. The Kier molecular flexibility index (Phi) is 3.38. The molecule has 0 radical (unpaired) electrons. The Bertz CT molecular complexity index is 558. The molecule has 1 fully saturated rings. The summed E-state index contributed by atoms with van der Waals surface area (Å²) in [7, 11) is 3.19. The van der Waals surface area contributed by atoms with Gasteiger partial charge in [0.15, 0.2) is 17.5 Å². The van der Waals surface area contributed by atoms with E-state index in [-0.39, 0.29) is 6.04 Å². The average molecular weight is 296 g/mol. The molecule has 0 aromatic heterocycles. The molecule has 2 aliphatic rings. The first kappa shape index (κ1) is 13.4. The molecular formula is C14H18ClN3O2. The van der Waals surface area contributed by atoms with Crippen LogP contribution in [0.1, 0.15) is 24.4 Å². The summed E-state index contributed by atoms with van der Waals surface area (Å²) in [5, 5.41) is 0.576. The Morgan fingerprint density at radius 1 is 1.30 bits per heavy atom. The van der Waals surface area contributed by atoms with E-state index >= 15 is 0 Å². The van der Waals surface area contributed by atoms with Gasteiger partial charge in [-0.25, -0.2) is 0 Å². The normalized spacial score (nSPS) is 21.9. The van der Waals surface area contributed by atoms with Crippen LogP contribution in [0.4, 0.5) is 0 Å². The minimum Gasteiger partial charge on any atom is -0.493 e. The van der Waals surface area contributed by atoms with Gasteiger partial charge >= 0.3 is 0 Å². The molecule has 2 N–H and O–H groups in total. The van der Waals surface area contributed by atoms with Gasteiger partial charge in [-0.2, -0.15) is 0 Å². The third-order valence-electron chi connectivity index (χ3n) is 3.84. The number of ether oxygens (including phenoxy) is 2. The SMILES string of the molecule is COc1ccc(C2CN=C(N)N2C2CC2)c(Cl)c1OC. The number of nitrogens with two attached hydrogens (primary N) is 1. The third kappa shape index (κ3) is 2.06. The molecule has 1 aromatic carbocycles. The van der Waals surface area contributed by atoms with Gasteiger partial charge in [-0.1, -0.05) is 17.7 Å². The molecule has 0 saturated heterocycles. The highest BCUT2D eigenvalue weighted by atomic mass is 35.5. The lowest BCUT2D eigenvalue weighted by molar-refractivity contribution is 0.331. The van der Waals surface area contributed by atoms with E-state index in [4.69, 9.17) is 26.8 Å². The van der Waals surface area contributed by atoms with E-state index in [2.05, 4.69) is 9.89 Å². The fourth-order valence-corrected chi connectivity index (χ4v) is 3.07. The molecule has 1 atom stereocenters. The van der Waals surface area contributed by atoms with E-state index in [0.29, 0.717) is 35.1 Å². The van der Waals surface area contributed by atoms with Crippen LogP contribution in [0, 0.1) is 0 Å². The van der Waals surface area contributed by atoms with Crippen LogP contribution in [-0.2, 0) is 0 Å². The summed E-state index contributed by atoms with van der Waals surface area (Å²) in [6, 6.07) is 4.43. The first-order valence-electron chi connectivity index (χ1n) is 6.66. The third-order valence-corrected chi connectivity index (χ3v) is 4.23. The van der Waals surface area contributed by atoms with Gasteiger partial charge in [-0.05, 0) is 24.5 Å². The zero-order valence-electron chi connectivity index (χ0n) is 11.6. The summed E-state index contributed by atoms with van der Waals surface area (Å²) in [5.41, 5.74) is 6.99. The highest BCUT2D eigenvalue weighted by Gasteiger charge is 2.40. The van der Waals surface area contributed by atoms with Crippen LogP contribution in [0.25, 0.3) is 0 Å². The topological polar surface area (TPSA) is 60.1 Å². The maximum Gasteiger partial charge on any atom is 0.192 e. The standard InChI is InChI=1S/C14H18ClN3O2/c1-19-11-6-5-9(12(15)13(11)20-2)10-7-17-14(16)18(10)8-3-4-8/h5-6,8,10H,3-4,7H2,1-2H3,(H2,16,17). The van der Waals surface area contributed by atoms with Crippen LogP contribution in [0.2, 0.25) is 5.02 Å². The summed E-state index contributed by atoms with van der Waals surface area (Å²) >= 11 is 6.49. The van der Waals surface area contributed by atoms with Crippen LogP contribution in [0.3, 0.4) is 0 Å². The molecule has 1 saturated carbocycles. The molecule has 1 unspecified atom stereocenters. The van der Waals surface area contributed by atoms with Crippen molar-refractivity contribution < 1.29 is 9.47 Å². The maximum atomic E-state index is 6.49. The molecule has 6 heteroatoms. The Balaban J connectivity index is 1.98. The molecule has 20 heavy (non-hydrogen) atoms. The number of nitrogens with zero attached hydrogens (tertiary/aromatic N) is 2. The second-order valence-corrected chi connectivity index (χ2v) is 5.44. The smallest absolute Gasteiger partial charge is 0.192 e. The van der Waals surface area contributed by atoms with Gasteiger partial charge in [0.2, 0.25) is 0 Å². The second kappa shape index (κ2) is 5.05. The predicted octanol–water partition coefficient (Wildman–Crippen LogP) is 2.19. The van der Waals surface area contributed by atoms with Crippen molar-refractivity contribution in [3.63, 3.8) is 0 Å². The van der Waals surface area contributed by atoms with Crippen molar-refractivity contribution in [1.82, 2.24) is 4.90 Å². The summed E-state index contributed by atoms with van der Waals surface area (Å²) in [6.07, 6.45) is 2.33. The minimum atomic E-state index is 0.0924. The highest BCUT2D eigenvalue weighted by Crippen LogP contribution is 2.44. The van der Waals surface area contributed by atoms with Gasteiger partial charge in [0, 0.05) is 6.04 Å². The van der Waals surface area contributed by atoms with Crippen molar-refractivity contribution in [2.75, 3.05) is 20.8 Å². The molecule has 108 valence electrons. The van der Waals surface area contributed by atoms with Crippen molar-refractivity contribution >= 4 is 17.6 Å². The summed E-state index contributed by atoms with van der Waals surface area (Å²) < 4.78 is 10.6. The number of guanidine groups is 1. The Morgan fingerprint density at radius 2 is 2.05 bits per heavy atom. The number of halogens is 1. The van der Waals surface area contributed by atoms with E-state index < -0.39 is 0 Å². The minimum absolute atomic E-state index is 0.0924. The lowest BCUT2D eigenvalue weighted by atomic mass is 10.0. The molecule has 1 aliphatic heterocycles. The zero-order valence-corrected chi connectivity index (χ0v) is 12.4. The summed E-state index contributed by atoms with van der Waals surface area (Å²) in [4.78, 5) is 6.54. The molecule has 0 spiro atoms. The van der Waals surface area contributed by atoms with Gasteiger partial charge in [0.1, 0.15) is 0 Å². The number of hydrogen-bond donors (Lipinski definition) is 1. The number of aliphatic imine (C=N–C) groups is 1. The zero-order chi connectivity index (χ0) is 14.3. The quantitative estimate of drug-likeness (QED) is 0.925. The van der Waals surface area contributed by atoms with Crippen LogP contribution < -0.4 is 15.2 Å². The predicted molar refractivity (Wildman–Crippen MR) is 78.6 cm³/mol. The number of hydrogen-bond acceptors (Lipinski definition) is 5. The number of rotatable bonds is 4. The summed E-state index contributed by atoms with van der Waals surface area (Å²) in [5.74, 6) is 1.81. The number of methoxy groups -OCH3 is 2. The van der Waals surface area contributed by atoms with Crippen molar-refractivity contribution in [2.45, 2.75) is 24.9 Å².